The van der Waals surface area contributed by atoms with Crippen molar-refractivity contribution in [3.8, 4) is 0 Å². The molecule has 1 saturated heterocycles. The molecule has 0 aromatic carbocycles. The monoisotopic (exact) mass is 334 g/mol. The van der Waals surface area contributed by atoms with E-state index in [0.717, 1.165) is 25.8 Å². The van der Waals surface area contributed by atoms with Crippen LogP contribution in [0.2, 0.25) is 8.67 Å². The van der Waals surface area contributed by atoms with Crippen molar-refractivity contribution in [3.05, 3.63) is 20.3 Å². The molecule has 7 heteroatoms. The Labute approximate surface area is 132 Å². The van der Waals surface area contributed by atoms with Crippen LogP contribution >= 0.6 is 34.5 Å². The van der Waals surface area contributed by atoms with Gasteiger partial charge in [0, 0.05) is 7.05 Å². The van der Waals surface area contributed by atoms with Crippen LogP contribution in [0, 0.1) is 0 Å². The Morgan fingerprint density at radius 1 is 1.45 bits per heavy atom. The first-order valence-electron chi connectivity index (χ1n) is 6.46. The van der Waals surface area contributed by atoms with Gasteiger partial charge in [-0.2, -0.15) is 0 Å². The molecular formula is C13H16Cl2N2O2S. The van der Waals surface area contributed by atoms with Crippen LogP contribution in [0.25, 0.3) is 0 Å². The Balaban J connectivity index is 2.08. The molecule has 1 aliphatic heterocycles. The summed E-state index contributed by atoms with van der Waals surface area (Å²) in [4.78, 5) is 26.1. The number of carbonyl (C=O) groups excluding carboxylic acids is 2. The average Bonchev–Trinajstić information content (AvgIpc) is 2.77. The van der Waals surface area contributed by atoms with Crippen LogP contribution in [0.4, 0.5) is 0 Å². The summed E-state index contributed by atoms with van der Waals surface area (Å²) in [6.45, 7) is 0.949. The summed E-state index contributed by atoms with van der Waals surface area (Å²) in [5, 5.41) is 2.66. The first-order valence-corrected chi connectivity index (χ1v) is 8.04. The van der Waals surface area contributed by atoms with Gasteiger partial charge in [0.2, 0.25) is 5.91 Å². The largest absolute Gasteiger partial charge is 0.358 e. The fourth-order valence-electron chi connectivity index (χ4n) is 2.44. The fourth-order valence-corrected chi connectivity index (χ4v) is 3.94. The van der Waals surface area contributed by atoms with Crippen LogP contribution in [0.5, 0.6) is 0 Å². The highest BCUT2D eigenvalue weighted by Gasteiger charge is 2.30. The molecular weight excluding hydrogens is 319 g/mol. The number of hydrogen-bond donors (Lipinski definition) is 1. The van der Waals surface area contributed by atoms with Gasteiger partial charge in [0.15, 0.2) is 5.78 Å². The lowest BCUT2D eigenvalue weighted by molar-refractivity contribution is -0.126. The third kappa shape index (κ3) is 3.52. The smallest absolute Gasteiger partial charge is 0.237 e. The van der Waals surface area contributed by atoms with Crippen molar-refractivity contribution < 1.29 is 9.59 Å². The number of hydrogen-bond acceptors (Lipinski definition) is 4. The van der Waals surface area contributed by atoms with E-state index >= 15 is 0 Å². The Hall–Kier alpha value is -0.620. The number of amides is 1. The Morgan fingerprint density at radius 3 is 2.80 bits per heavy atom. The molecule has 4 nitrogen and oxygen atoms in total. The zero-order valence-corrected chi connectivity index (χ0v) is 13.4. The molecule has 0 aliphatic carbocycles. The van der Waals surface area contributed by atoms with E-state index < -0.39 is 0 Å². The number of likely N-dealkylation sites (tertiary alicyclic amines) is 1. The minimum absolute atomic E-state index is 0.0352. The number of piperidine rings is 1. The van der Waals surface area contributed by atoms with E-state index in [-0.39, 0.29) is 24.3 Å². The van der Waals surface area contributed by atoms with Gasteiger partial charge in [-0.3, -0.25) is 14.5 Å². The van der Waals surface area contributed by atoms with Crippen molar-refractivity contribution in [2.75, 3.05) is 20.1 Å². The molecule has 2 rings (SSSR count). The van der Waals surface area contributed by atoms with E-state index in [2.05, 4.69) is 5.32 Å². The van der Waals surface area contributed by atoms with E-state index in [0.29, 0.717) is 14.2 Å². The lowest BCUT2D eigenvalue weighted by Gasteiger charge is -2.33. The zero-order valence-electron chi connectivity index (χ0n) is 11.1. The maximum absolute atomic E-state index is 12.3. The summed E-state index contributed by atoms with van der Waals surface area (Å²) in [5.41, 5.74) is 0.447. The highest BCUT2D eigenvalue weighted by molar-refractivity contribution is 7.20. The molecule has 1 amide bonds. The van der Waals surface area contributed by atoms with Crippen LogP contribution in [0.1, 0.15) is 29.6 Å². The third-order valence-electron chi connectivity index (χ3n) is 3.47. The Bertz CT molecular complexity index is 518. The van der Waals surface area contributed by atoms with E-state index in [9.17, 15) is 9.59 Å². The molecule has 0 spiro atoms. The average molecular weight is 335 g/mol. The van der Waals surface area contributed by atoms with Crippen molar-refractivity contribution >= 4 is 46.2 Å². The van der Waals surface area contributed by atoms with E-state index in [1.54, 1.807) is 13.1 Å². The molecule has 1 aromatic heterocycles. The summed E-state index contributed by atoms with van der Waals surface area (Å²) >= 11 is 13.0. The van der Waals surface area contributed by atoms with Crippen molar-refractivity contribution in [3.63, 3.8) is 0 Å². The second-order valence-electron chi connectivity index (χ2n) is 4.76. The number of ketones is 1. The van der Waals surface area contributed by atoms with E-state index in [4.69, 9.17) is 23.2 Å². The normalized spacial score (nSPS) is 19.9. The van der Waals surface area contributed by atoms with Gasteiger partial charge >= 0.3 is 0 Å². The van der Waals surface area contributed by atoms with Gasteiger partial charge in [0.25, 0.3) is 0 Å². The predicted octanol–water partition coefficient (Wildman–Crippen LogP) is 2.84. The molecule has 1 atom stereocenters. The maximum Gasteiger partial charge on any atom is 0.237 e. The molecule has 1 aromatic rings. The van der Waals surface area contributed by atoms with Gasteiger partial charge in [-0.05, 0) is 25.5 Å². The standard InChI is InChI=1S/C13H16Cl2N2O2S/c1-16-13(19)9-4-2-3-5-17(9)7-10(18)8-6-11(14)20-12(8)15/h6,9H,2-5,7H2,1H3,(H,16,19). The Kier molecular flexibility index (Phi) is 5.43. The van der Waals surface area contributed by atoms with Crippen LogP contribution in [0.3, 0.4) is 0 Å². The van der Waals surface area contributed by atoms with Crippen molar-refractivity contribution in [2.45, 2.75) is 25.3 Å². The van der Waals surface area contributed by atoms with E-state index in [1.165, 1.54) is 11.3 Å². The number of halogens is 2. The van der Waals surface area contributed by atoms with Crippen molar-refractivity contribution in [1.29, 1.82) is 0 Å². The summed E-state index contributed by atoms with van der Waals surface area (Å²) in [6, 6.07) is 1.36. The van der Waals surface area contributed by atoms with Gasteiger partial charge in [-0.25, -0.2) is 0 Å². The van der Waals surface area contributed by atoms with Crippen LogP contribution in [0.15, 0.2) is 6.07 Å². The van der Waals surface area contributed by atoms with Crippen LogP contribution in [-0.2, 0) is 4.79 Å². The summed E-state index contributed by atoms with van der Waals surface area (Å²) in [5.74, 6) is -0.124. The predicted molar refractivity (Wildman–Crippen MR) is 81.9 cm³/mol. The molecule has 0 bridgehead atoms. The van der Waals surface area contributed by atoms with Gasteiger partial charge in [-0.1, -0.05) is 29.6 Å². The quantitative estimate of drug-likeness (QED) is 0.861. The van der Waals surface area contributed by atoms with Gasteiger partial charge in [0.05, 0.1) is 22.5 Å². The minimum atomic E-state index is -0.231. The van der Waals surface area contributed by atoms with Gasteiger partial charge < -0.3 is 5.32 Å². The number of likely N-dealkylation sites (N-methyl/N-ethyl adjacent to an activating group) is 1. The molecule has 0 saturated carbocycles. The number of rotatable bonds is 4. The van der Waals surface area contributed by atoms with Crippen molar-refractivity contribution in [1.82, 2.24) is 10.2 Å². The topological polar surface area (TPSA) is 49.4 Å². The SMILES string of the molecule is CNC(=O)C1CCCCN1CC(=O)c1cc(Cl)sc1Cl. The number of carbonyl (C=O) groups is 2. The summed E-state index contributed by atoms with van der Waals surface area (Å²) in [6.07, 6.45) is 2.79. The van der Waals surface area contributed by atoms with E-state index in [1.807, 2.05) is 4.90 Å². The van der Waals surface area contributed by atoms with Crippen molar-refractivity contribution in [2.24, 2.45) is 0 Å². The molecule has 2 heterocycles. The lowest BCUT2D eigenvalue weighted by Crippen LogP contribution is -2.50. The third-order valence-corrected chi connectivity index (χ3v) is 4.95. The van der Waals surface area contributed by atoms with Crippen LogP contribution in [-0.4, -0.2) is 42.8 Å². The lowest BCUT2D eigenvalue weighted by atomic mass is 10.0. The van der Waals surface area contributed by atoms with Gasteiger partial charge in [0.1, 0.15) is 4.34 Å². The molecule has 1 aliphatic rings. The van der Waals surface area contributed by atoms with Gasteiger partial charge in [-0.15, -0.1) is 11.3 Å². The number of Topliss-reactive ketones (excluding diaryl/α,β-unsaturated/α-hetero) is 1. The number of nitrogens with zero attached hydrogens (tertiary/aromatic N) is 1. The summed E-state index contributed by atoms with van der Waals surface area (Å²) in [7, 11) is 1.62. The second-order valence-corrected chi connectivity index (χ2v) is 7.04. The first-order chi connectivity index (χ1) is 9.52. The minimum Gasteiger partial charge on any atom is -0.358 e. The van der Waals surface area contributed by atoms with Crippen LogP contribution < -0.4 is 5.32 Å². The summed E-state index contributed by atoms with van der Waals surface area (Å²) < 4.78 is 0.911. The molecule has 1 fully saturated rings. The Morgan fingerprint density at radius 2 is 2.20 bits per heavy atom. The molecule has 0 radical (unpaired) electrons. The molecule has 110 valence electrons. The molecule has 20 heavy (non-hydrogen) atoms. The highest BCUT2D eigenvalue weighted by atomic mass is 35.5. The molecule has 1 N–H and O–H groups in total. The fraction of sp³-hybridized carbons (Fsp3) is 0.538. The zero-order chi connectivity index (χ0) is 14.7. The first kappa shape index (κ1) is 15.8. The molecule has 1 unspecified atom stereocenters. The maximum atomic E-state index is 12.3. The number of thiophene rings is 1. The number of nitrogens with one attached hydrogen (secondary N) is 1. The highest BCUT2D eigenvalue weighted by Crippen LogP contribution is 2.31. The second kappa shape index (κ2) is 6.89.